The molecular formula is C22H28N6O4. The lowest BCUT2D eigenvalue weighted by Crippen LogP contribution is -2.46. The number of amidine groups is 1. The van der Waals surface area contributed by atoms with E-state index in [-0.39, 0.29) is 24.6 Å². The molecule has 0 bridgehead atoms. The lowest BCUT2D eigenvalue weighted by atomic mass is 9.98. The van der Waals surface area contributed by atoms with Gasteiger partial charge in [0.05, 0.1) is 12.5 Å². The first-order chi connectivity index (χ1) is 15.1. The van der Waals surface area contributed by atoms with Gasteiger partial charge in [0.1, 0.15) is 5.84 Å². The van der Waals surface area contributed by atoms with Crippen molar-refractivity contribution in [1.82, 2.24) is 15.6 Å². The molecule has 1 aromatic heterocycles. The van der Waals surface area contributed by atoms with Gasteiger partial charge < -0.3 is 26.8 Å². The number of urea groups is 1. The van der Waals surface area contributed by atoms with E-state index in [9.17, 15) is 14.4 Å². The number of rotatable bonds is 10. The quantitative estimate of drug-likeness (QED) is 0.245. The zero-order valence-electron chi connectivity index (χ0n) is 18.0. The lowest BCUT2D eigenvalue weighted by molar-refractivity contribution is -0.137. The Bertz CT molecular complexity index is 960. The number of nitrogen functional groups attached to an aromatic ring is 1. The molecular weight excluding hydrogens is 412 g/mol. The van der Waals surface area contributed by atoms with Gasteiger partial charge in [0.15, 0.2) is 0 Å². The van der Waals surface area contributed by atoms with Crippen molar-refractivity contribution in [1.29, 1.82) is 5.41 Å². The number of hydrogen-bond donors (Lipinski definition) is 6. The van der Waals surface area contributed by atoms with Crippen LogP contribution in [0, 0.1) is 5.41 Å². The Morgan fingerprint density at radius 3 is 2.44 bits per heavy atom. The molecule has 170 valence electrons. The Hall–Kier alpha value is -3.95. The number of aromatic nitrogens is 1. The van der Waals surface area contributed by atoms with Crippen LogP contribution in [0.4, 0.5) is 10.5 Å². The number of aliphatic carboxylic acids is 1. The number of benzene rings is 1. The third kappa shape index (κ3) is 8.05. The van der Waals surface area contributed by atoms with E-state index in [1.807, 2.05) is 0 Å². The van der Waals surface area contributed by atoms with Crippen molar-refractivity contribution in [3.05, 3.63) is 59.9 Å². The minimum atomic E-state index is -1.03. The highest BCUT2D eigenvalue weighted by atomic mass is 16.4. The van der Waals surface area contributed by atoms with Crippen LogP contribution in [0.5, 0.6) is 0 Å². The van der Waals surface area contributed by atoms with E-state index in [0.29, 0.717) is 23.2 Å². The topological polar surface area (TPSA) is 170 Å². The average Bonchev–Trinajstić information content (AvgIpc) is 2.72. The largest absolute Gasteiger partial charge is 0.481 e. The summed E-state index contributed by atoms with van der Waals surface area (Å²) >= 11 is 0. The summed E-state index contributed by atoms with van der Waals surface area (Å²) in [6, 6.07) is 8.79. The van der Waals surface area contributed by atoms with E-state index >= 15 is 0 Å². The summed E-state index contributed by atoms with van der Waals surface area (Å²) in [5.41, 5.74) is 6.41. The number of amides is 3. The molecule has 0 saturated carbocycles. The number of nitrogens with one attached hydrogen (secondary N) is 4. The summed E-state index contributed by atoms with van der Waals surface area (Å²) in [5.74, 6) is -1.42. The van der Waals surface area contributed by atoms with Gasteiger partial charge in [-0.05, 0) is 56.2 Å². The molecule has 0 radical (unpaired) electrons. The molecule has 0 spiro atoms. The highest BCUT2D eigenvalue weighted by Gasteiger charge is 2.24. The number of carbonyl (C=O) groups is 3. The molecule has 0 fully saturated rings. The van der Waals surface area contributed by atoms with Gasteiger partial charge in [-0.2, -0.15) is 0 Å². The van der Waals surface area contributed by atoms with Crippen LogP contribution in [0.25, 0.3) is 0 Å². The SMILES string of the molecule is CC(C)(CCC(=O)N[C@@H](CC(=O)O)c1cccnc1)NC(=O)Nc1ccc(C(=N)N)cc1. The molecule has 0 aliphatic rings. The Morgan fingerprint density at radius 1 is 1.19 bits per heavy atom. The number of anilines is 1. The summed E-state index contributed by atoms with van der Waals surface area (Å²) in [6.07, 6.45) is 3.26. The second kappa shape index (κ2) is 10.9. The van der Waals surface area contributed by atoms with Crippen molar-refractivity contribution >= 4 is 29.4 Å². The summed E-state index contributed by atoms with van der Waals surface area (Å²) in [6.45, 7) is 3.57. The first-order valence-corrected chi connectivity index (χ1v) is 10.0. The molecule has 0 saturated heterocycles. The van der Waals surface area contributed by atoms with Gasteiger partial charge in [-0.1, -0.05) is 6.07 Å². The van der Waals surface area contributed by atoms with Crippen molar-refractivity contribution in [3.63, 3.8) is 0 Å². The number of nitrogens with two attached hydrogens (primary N) is 1. The van der Waals surface area contributed by atoms with Crippen molar-refractivity contribution in [3.8, 4) is 0 Å². The molecule has 10 nitrogen and oxygen atoms in total. The number of hydrogen-bond acceptors (Lipinski definition) is 5. The van der Waals surface area contributed by atoms with E-state index in [4.69, 9.17) is 16.2 Å². The highest BCUT2D eigenvalue weighted by molar-refractivity contribution is 5.96. The fourth-order valence-corrected chi connectivity index (χ4v) is 2.97. The number of carbonyl (C=O) groups excluding carboxylic acids is 2. The molecule has 2 aromatic rings. The minimum Gasteiger partial charge on any atom is -0.481 e. The van der Waals surface area contributed by atoms with Gasteiger partial charge >= 0.3 is 12.0 Å². The summed E-state index contributed by atoms with van der Waals surface area (Å²) in [4.78, 5) is 39.9. The normalized spacial score (nSPS) is 11.8. The number of nitrogens with zero attached hydrogens (tertiary/aromatic N) is 1. The monoisotopic (exact) mass is 440 g/mol. The van der Waals surface area contributed by atoms with Gasteiger partial charge in [0.2, 0.25) is 5.91 Å². The maximum absolute atomic E-state index is 12.4. The molecule has 1 atom stereocenters. The van der Waals surface area contributed by atoms with Gasteiger partial charge in [0, 0.05) is 35.6 Å². The Labute approximate surface area is 186 Å². The molecule has 10 heteroatoms. The lowest BCUT2D eigenvalue weighted by Gasteiger charge is -2.26. The highest BCUT2D eigenvalue weighted by Crippen LogP contribution is 2.18. The summed E-state index contributed by atoms with van der Waals surface area (Å²) in [7, 11) is 0. The predicted octanol–water partition coefficient (Wildman–Crippen LogP) is 2.38. The average molecular weight is 441 g/mol. The standard InChI is InChI=1S/C22H28N6O4/c1-22(2,28-21(32)26-16-7-5-14(6-8-16)20(23)24)10-9-18(29)27-17(12-19(30)31)15-4-3-11-25-13-15/h3-8,11,13,17H,9-10,12H2,1-2H3,(H3,23,24)(H,27,29)(H,30,31)(H2,26,28,32)/t17-/m0/s1. The Balaban J connectivity index is 1.87. The zero-order valence-corrected chi connectivity index (χ0v) is 18.0. The fraction of sp³-hybridized carbons (Fsp3) is 0.318. The van der Waals surface area contributed by atoms with Crippen LogP contribution >= 0.6 is 0 Å². The molecule has 2 rings (SSSR count). The van der Waals surface area contributed by atoms with Crippen LogP contribution < -0.4 is 21.7 Å². The molecule has 1 aromatic carbocycles. The van der Waals surface area contributed by atoms with Crippen LogP contribution in [0.2, 0.25) is 0 Å². The number of carboxylic acids is 1. The van der Waals surface area contributed by atoms with E-state index in [1.165, 1.54) is 6.20 Å². The van der Waals surface area contributed by atoms with E-state index in [1.54, 1.807) is 56.4 Å². The second-order valence-corrected chi connectivity index (χ2v) is 7.96. The maximum atomic E-state index is 12.4. The van der Waals surface area contributed by atoms with E-state index in [2.05, 4.69) is 20.9 Å². The Kier molecular flexibility index (Phi) is 8.28. The van der Waals surface area contributed by atoms with Crippen LogP contribution in [0.1, 0.15) is 50.3 Å². The predicted molar refractivity (Wildman–Crippen MR) is 120 cm³/mol. The smallest absolute Gasteiger partial charge is 0.319 e. The molecule has 1 heterocycles. The Morgan fingerprint density at radius 2 is 1.88 bits per heavy atom. The van der Waals surface area contributed by atoms with Gasteiger partial charge in [-0.15, -0.1) is 0 Å². The summed E-state index contributed by atoms with van der Waals surface area (Å²) < 4.78 is 0. The first kappa shape index (κ1) is 24.3. The van der Waals surface area contributed by atoms with Crippen LogP contribution in [-0.2, 0) is 9.59 Å². The fourth-order valence-electron chi connectivity index (χ4n) is 2.97. The van der Waals surface area contributed by atoms with Crippen molar-refractivity contribution in [2.75, 3.05) is 5.32 Å². The number of pyridine rings is 1. The molecule has 32 heavy (non-hydrogen) atoms. The third-order valence-electron chi connectivity index (χ3n) is 4.68. The zero-order chi connectivity index (χ0) is 23.7. The van der Waals surface area contributed by atoms with Crippen LogP contribution in [0.15, 0.2) is 48.8 Å². The van der Waals surface area contributed by atoms with Crippen molar-refractivity contribution < 1.29 is 19.5 Å². The molecule has 7 N–H and O–H groups in total. The van der Waals surface area contributed by atoms with Crippen LogP contribution in [0.3, 0.4) is 0 Å². The van der Waals surface area contributed by atoms with Gasteiger partial charge in [0.25, 0.3) is 0 Å². The van der Waals surface area contributed by atoms with Gasteiger partial charge in [-0.25, -0.2) is 4.79 Å². The van der Waals surface area contributed by atoms with Crippen molar-refractivity contribution in [2.24, 2.45) is 5.73 Å². The number of carboxylic acid groups (broad SMARTS) is 1. The van der Waals surface area contributed by atoms with Crippen LogP contribution in [-0.4, -0.2) is 39.4 Å². The van der Waals surface area contributed by atoms with Gasteiger partial charge in [-0.3, -0.25) is 20.0 Å². The third-order valence-corrected chi connectivity index (χ3v) is 4.68. The summed E-state index contributed by atoms with van der Waals surface area (Å²) in [5, 5.41) is 24.8. The van der Waals surface area contributed by atoms with E-state index < -0.39 is 23.6 Å². The molecule has 0 aliphatic heterocycles. The van der Waals surface area contributed by atoms with Crippen molar-refractivity contribution in [2.45, 2.75) is 44.7 Å². The minimum absolute atomic E-state index is 0.0606. The maximum Gasteiger partial charge on any atom is 0.319 e. The first-order valence-electron chi connectivity index (χ1n) is 10.0. The molecule has 0 unspecified atom stereocenters. The molecule has 0 aliphatic carbocycles. The van der Waals surface area contributed by atoms with E-state index in [0.717, 1.165) is 0 Å². The second-order valence-electron chi connectivity index (χ2n) is 7.96. The molecule has 3 amide bonds.